The molecular weight excluding hydrogens is 256 g/mol. The van der Waals surface area contributed by atoms with Crippen molar-refractivity contribution in [1.29, 1.82) is 0 Å². The van der Waals surface area contributed by atoms with Crippen LogP contribution in [-0.2, 0) is 6.42 Å². The van der Waals surface area contributed by atoms with Gasteiger partial charge in [-0.25, -0.2) is 4.98 Å². The molecule has 0 aliphatic heterocycles. The van der Waals surface area contributed by atoms with Crippen LogP contribution in [0, 0.1) is 6.92 Å². The van der Waals surface area contributed by atoms with E-state index in [1.54, 1.807) is 0 Å². The molecular formula is C15H18N2OS. The Hall–Kier alpha value is -1.68. The van der Waals surface area contributed by atoms with Gasteiger partial charge in [0.1, 0.15) is 0 Å². The van der Waals surface area contributed by atoms with E-state index >= 15 is 0 Å². The van der Waals surface area contributed by atoms with Gasteiger partial charge in [0, 0.05) is 12.2 Å². The molecule has 0 aliphatic rings. The lowest BCUT2D eigenvalue weighted by Crippen LogP contribution is -2.16. The van der Waals surface area contributed by atoms with Crippen LogP contribution >= 0.6 is 11.3 Å². The minimum atomic E-state index is 0.740. The Labute approximate surface area is 117 Å². The number of hydrogen-bond acceptors (Lipinski definition) is 4. The molecule has 2 aromatic rings. The molecule has 3 nitrogen and oxygen atoms in total. The Kier molecular flexibility index (Phi) is 4.32. The van der Waals surface area contributed by atoms with Gasteiger partial charge >= 0.3 is 0 Å². The van der Waals surface area contributed by atoms with Crippen LogP contribution in [-0.4, -0.2) is 17.8 Å². The van der Waals surface area contributed by atoms with Gasteiger partial charge < -0.3 is 4.90 Å². The minimum Gasteiger partial charge on any atom is -0.318 e. The molecule has 1 aromatic heterocycles. The highest BCUT2D eigenvalue weighted by atomic mass is 32.1. The fourth-order valence-electron chi connectivity index (χ4n) is 2.09. The van der Waals surface area contributed by atoms with E-state index in [1.165, 1.54) is 16.9 Å². The van der Waals surface area contributed by atoms with E-state index in [4.69, 9.17) is 0 Å². The van der Waals surface area contributed by atoms with Crippen LogP contribution in [0.15, 0.2) is 24.3 Å². The Morgan fingerprint density at radius 3 is 2.58 bits per heavy atom. The van der Waals surface area contributed by atoms with Gasteiger partial charge in [-0.3, -0.25) is 4.79 Å². The van der Waals surface area contributed by atoms with Crippen molar-refractivity contribution >= 4 is 28.4 Å². The molecule has 1 aromatic carbocycles. The van der Waals surface area contributed by atoms with Crippen molar-refractivity contribution in [1.82, 2.24) is 4.98 Å². The SMILES string of the molecule is CCc1nc(N(CC)c2ccccc2C)sc1C=O. The van der Waals surface area contributed by atoms with Crippen molar-refractivity contribution in [3.8, 4) is 0 Å². The van der Waals surface area contributed by atoms with E-state index in [9.17, 15) is 4.79 Å². The lowest BCUT2D eigenvalue weighted by atomic mass is 10.2. The monoisotopic (exact) mass is 274 g/mol. The van der Waals surface area contributed by atoms with Crippen LogP contribution in [0.3, 0.4) is 0 Å². The van der Waals surface area contributed by atoms with Crippen LogP contribution in [0.25, 0.3) is 0 Å². The maximum atomic E-state index is 11.1. The van der Waals surface area contributed by atoms with E-state index in [0.29, 0.717) is 0 Å². The summed E-state index contributed by atoms with van der Waals surface area (Å²) < 4.78 is 0. The van der Waals surface area contributed by atoms with Crippen LogP contribution < -0.4 is 4.90 Å². The van der Waals surface area contributed by atoms with Gasteiger partial charge in [0.15, 0.2) is 11.4 Å². The summed E-state index contributed by atoms with van der Waals surface area (Å²) in [6.45, 7) is 7.04. The Bertz CT molecular complexity index is 577. The number of nitrogens with zero attached hydrogens (tertiary/aromatic N) is 2. The third kappa shape index (κ3) is 2.68. The number of benzene rings is 1. The van der Waals surface area contributed by atoms with Gasteiger partial charge in [-0.1, -0.05) is 36.5 Å². The summed E-state index contributed by atoms with van der Waals surface area (Å²) in [7, 11) is 0. The molecule has 0 saturated heterocycles. The number of para-hydroxylation sites is 1. The second-order valence-electron chi connectivity index (χ2n) is 4.31. The predicted molar refractivity (Wildman–Crippen MR) is 80.7 cm³/mol. The van der Waals surface area contributed by atoms with E-state index in [0.717, 1.165) is 40.6 Å². The van der Waals surface area contributed by atoms with Gasteiger partial charge in [0.05, 0.1) is 10.6 Å². The average molecular weight is 274 g/mol. The number of carbonyl (C=O) groups excluding carboxylic acids is 1. The standard InChI is InChI=1S/C15H18N2OS/c1-4-12-14(10-18)19-15(16-12)17(5-2)13-9-7-6-8-11(13)3/h6-10H,4-5H2,1-3H3. The first-order valence-corrected chi connectivity index (χ1v) is 7.30. The molecule has 19 heavy (non-hydrogen) atoms. The number of hydrogen-bond donors (Lipinski definition) is 0. The van der Waals surface area contributed by atoms with Gasteiger partial charge in [-0.15, -0.1) is 0 Å². The largest absolute Gasteiger partial charge is 0.318 e. The maximum Gasteiger partial charge on any atom is 0.190 e. The molecule has 0 bridgehead atoms. The molecule has 0 fully saturated rings. The topological polar surface area (TPSA) is 33.2 Å². The van der Waals surface area contributed by atoms with E-state index in [-0.39, 0.29) is 0 Å². The zero-order chi connectivity index (χ0) is 13.8. The quantitative estimate of drug-likeness (QED) is 0.773. The molecule has 0 amide bonds. The molecule has 0 saturated carbocycles. The van der Waals surface area contributed by atoms with Crippen LogP contribution in [0.1, 0.15) is 34.8 Å². The molecule has 0 radical (unpaired) electrons. The highest BCUT2D eigenvalue weighted by molar-refractivity contribution is 7.17. The van der Waals surface area contributed by atoms with Gasteiger partial charge in [0.25, 0.3) is 0 Å². The Morgan fingerprint density at radius 2 is 2.05 bits per heavy atom. The molecule has 0 unspecified atom stereocenters. The van der Waals surface area contributed by atoms with Crippen LogP contribution in [0.2, 0.25) is 0 Å². The van der Waals surface area contributed by atoms with E-state index in [2.05, 4.69) is 35.9 Å². The lowest BCUT2D eigenvalue weighted by Gasteiger charge is -2.21. The number of aldehydes is 1. The van der Waals surface area contributed by atoms with Crippen LogP contribution in [0.4, 0.5) is 10.8 Å². The predicted octanol–water partition coefficient (Wildman–Crippen LogP) is 3.98. The molecule has 0 aliphatic carbocycles. The molecule has 1 heterocycles. The van der Waals surface area contributed by atoms with Crippen molar-refractivity contribution < 1.29 is 4.79 Å². The fourth-order valence-corrected chi connectivity index (χ4v) is 3.13. The Balaban J connectivity index is 2.45. The first-order valence-electron chi connectivity index (χ1n) is 6.49. The maximum absolute atomic E-state index is 11.1. The zero-order valence-corrected chi connectivity index (χ0v) is 12.3. The lowest BCUT2D eigenvalue weighted by molar-refractivity contribution is 0.112. The normalized spacial score (nSPS) is 10.5. The second-order valence-corrected chi connectivity index (χ2v) is 5.32. The van der Waals surface area contributed by atoms with Gasteiger partial charge in [-0.2, -0.15) is 0 Å². The number of rotatable bonds is 5. The first-order chi connectivity index (χ1) is 9.21. The zero-order valence-electron chi connectivity index (χ0n) is 11.5. The molecule has 4 heteroatoms. The Morgan fingerprint density at radius 1 is 1.32 bits per heavy atom. The van der Waals surface area contributed by atoms with Crippen molar-refractivity contribution in [2.75, 3.05) is 11.4 Å². The molecule has 0 N–H and O–H groups in total. The third-order valence-corrected chi connectivity index (χ3v) is 4.16. The molecule has 0 atom stereocenters. The number of carbonyl (C=O) groups is 1. The van der Waals surface area contributed by atoms with E-state index in [1.807, 2.05) is 19.1 Å². The van der Waals surface area contributed by atoms with Gasteiger partial charge in [-0.05, 0) is 31.9 Å². The van der Waals surface area contributed by atoms with Gasteiger partial charge in [0.2, 0.25) is 0 Å². The smallest absolute Gasteiger partial charge is 0.190 e. The highest BCUT2D eigenvalue weighted by Crippen LogP contribution is 2.32. The summed E-state index contributed by atoms with van der Waals surface area (Å²) in [6.07, 6.45) is 1.70. The highest BCUT2D eigenvalue weighted by Gasteiger charge is 2.16. The summed E-state index contributed by atoms with van der Waals surface area (Å²) in [5.41, 5.74) is 3.26. The first kappa shape index (κ1) is 13.7. The number of anilines is 2. The summed E-state index contributed by atoms with van der Waals surface area (Å²) >= 11 is 1.47. The van der Waals surface area contributed by atoms with Crippen LogP contribution in [0.5, 0.6) is 0 Å². The summed E-state index contributed by atoms with van der Waals surface area (Å²) in [4.78, 5) is 18.6. The number of aryl methyl sites for hydroxylation is 2. The number of aromatic nitrogens is 1. The van der Waals surface area contributed by atoms with Crippen molar-refractivity contribution in [2.24, 2.45) is 0 Å². The van der Waals surface area contributed by atoms with Crippen molar-refractivity contribution in [3.63, 3.8) is 0 Å². The van der Waals surface area contributed by atoms with Crippen molar-refractivity contribution in [2.45, 2.75) is 27.2 Å². The molecule has 0 spiro atoms. The number of thiazole rings is 1. The molecule has 100 valence electrons. The second kappa shape index (κ2) is 5.97. The summed E-state index contributed by atoms with van der Waals surface area (Å²) in [5.74, 6) is 0. The summed E-state index contributed by atoms with van der Waals surface area (Å²) in [5, 5.41) is 0.899. The summed E-state index contributed by atoms with van der Waals surface area (Å²) in [6, 6.07) is 8.24. The average Bonchev–Trinajstić information content (AvgIpc) is 2.85. The molecule has 2 rings (SSSR count). The fraction of sp³-hybridized carbons (Fsp3) is 0.333. The van der Waals surface area contributed by atoms with Crippen molar-refractivity contribution in [3.05, 3.63) is 40.4 Å². The van der Waals surface area contributed by atoms with E-state index < -0.39 is 0 Å². The minimum absolute atomic E-state index is 0.740. The third-order valence-electron chi connectivity index (χ3n) is 3.11.